The van der Waals surface area contributed by atoms with Gasteiger partial charge in [0.1, 0.15) is 0 Å². The van der Waals surface area contributed by atoms with Crippen molar-refractivity contribution >= 4 is 22.3 Å². The van der Waals surface area contributed by atoms with Gasteiger partial charge in [-0.25, -0.2) is 13.9 Å². The molecule has 2 aromatic rings. The van der Waals surface area contributed by atoms with E-state index in [1.807, 2.05) is 58.3 Å². The molecule has 0 aliphatic rings. The zero-order valence-corrected chi connectivity index (χ0v) is 15.8. The van der Waals surface area contributed by atoms with Crippen LogP contribution in [-0.4, -0.2) is 19.0 Å². The first-order valence-corrected chi connectivity index (χ1v) is 9.59. The van der Waals surface area contributed by atoms with E-state index in [0.29, 0.717) is 0 Å². The maximum Gasteiger partial charge on any atom is 0.0975 e. The van der Waals surface area contributed by atoms with E-state index in [1.54, 1.807) is 11.3 Å². The van der Waals surface area contributed by atoms with E-state index in [1.165, 1.54) is 0 Å². The second-order valence-electron chi connectivity index (χ2n) is 6.56. The van der Waals surface area contributed by atoms with Crippen molar-refractivity contribution in [2.24, 2.45) is 0 Å². The number of hydrogen-bond donors (Lipinski definition) is 2. The molecule has 0 bridgehead atoms. The van der Waals surface area contributed by atoms with E-state index in [-0.39, 0.29) is 17.4 Å². The summed E-state index contributed by atoms with van der Waals surface area (Å²) >= 11 is 1.59. The number of thiazole rings is 1. The highest BCUT2D eigenvalue weighted by Crippen LogP contribution is 2.31. The van der Waals surface area contributed by atoms with Crippen molar-refractivity contribution in [2.75, 3.05) is 0 Å². The van der Waals surface area contributed by atoms with Gasteiger partial charge in [0, 0.05) is 6.04 Å². The lowest BCUT2D eigenvalue weighted by Crippen LogP contribution is -2.35. The van der Waals surface area contributed by atoms with Gasteiger partial charge in [-0.05, 0) is 57.4 Å². The maximum atomic E-state index is 12.3. The number of aromatic nitrogens is 1. The van der Waals surface area contributed by atoms with Crippen LogP contribution >= 0.6 is 11.3 Å². The van der Waals surface area contributed by atoms with E-state index in [0.717, 1.165) is 27.3 Å². The van der Waals surface area contributed by atoms with Gasteiger partial charge < -0.3 is 5.11 Å². The van der Waals surface area contributed by atoms with Crippen LogP contribution in [0.3, 0.4) is 0 Å². The van der Waals surface area contributed by atoms with Crippen LogP contribution in [0.15, 0.2) is 23.7 Å². The molecule has 6 heteroatoms. The highest BCUT2D eigenvalue weighted by molar-refractivity contribution is 7.84. The summed E-state index contributed by atoms with van der Waals surface area (Å²) in [6.07, 6.45) is 0. The number of aliphatic hydroxyl groups is 1. The van der Waals surface area contributed by atoms with Crippen LogP contribution in [0, 0.1) is 6.92 Å². The molecule has 1 aromatic carbocycles. The van der Waals surface area contributed by atoms with Crippen molar-refractivity contribution < 1.29 is 9.32 Å². The molecule has 0 fully saturated rings. The summed E-state index contributed by atoms with van der Waals surface area (Å²) in [7, 11) is -1.16. The fourth-order valence-electron chi connectivity index (χ4n) is 2.29. The highest BCUT2D eigenvalue weighted by Gasteiger charge is 2.22. The van der Waals surface area contributed by atoms with Crippen LogP contribution in [0.4, 0.5) is 0 Å². The highest BCUT2D eigenvalue weighted by atomic mass is 32.2. The molecule has 4 nitrogen and oxygen atoms in total. The Morgan fingerprint density at radius 1 is 1.39 bits per heavy atom. The second-order valence-corrected chi connectivity index (χ2v) is 9.41. The van der Waals surface area contributed by atoms with Crippen LogP contribution in [0.2, 0.25) is 0 Å². The van der Waals surface area contributed by atoms with Crippen molar-refractivity contribution in [1.82, 2.24) is 9.71 Å². The summed E-state index contributed by atoms with van der Waals surface area (Å²) in [5.41, 5.74) is 5.69. The first-order valence-electron chi connectivity index (χ1n) is 7.56. The molecule has 1 unspecified atom stereocenters. The lowest BCUT2D eigenvalue weighted by molar-refractivity contribution is 0.280. The molecule has 1 heterocycles. The summed E-state index contributed by atoms with van der Waals surface area (Å²) in [5.74, 6) is 0. The van der Waals surface area contributed by atoms with Crippen molar-refractivity contribution in [3.8, 4) is 10.4 Å². The summed E-state index contributed by atoms with van der Waals surface area (Å²) in [6, 6.07) is 5.92. The lowest BCUT2D eigenvalue weighted by atomic mass is 9.99. The van der Waals surface area contributed by atoms with E-state index < -0.39 is 11.0 Å². The Labute approximate surface area is 144 Å². The Balaban J connectivity index is 2.30. The molecular weight excluding hydrogens is 328 g/mol. The Morgan fingerprint density at radius 3 is 2.61 bits per heavy atom. The van der Waals surface area contributed by atoms with Crippen molar-refractivity contribution in [2.45, 2.75) is 52.0 Å². The third-order valence-corrected chi connectivity index (χ3v) is 6.29. The zero-order chi connectivity index (χ0) is 17.2. The minimum absolute atomic E-state index is 0.0464. The third-order valence-electron chi connectivity index (χ3n) is 3.63. The fourth-order valence-corrected chi connectivity index (χ4v) is 3.89. The average Bonchev–Trinajstić information content (AvgIpc) is 2.91. The van der Waals surface area contributed by atoms with E-state index in [4.69, 9.17) is 0 Å². The topological polar surface area (TPSA) is 62.2 Å². The normalized spacial score (nSPS) is 14.7. The Kier molecular flexibility index (Phi) is 5.73. The Hall–Kier alpha value is -1.08. The van der Waals surface area contributed by atoms with Gasteiger partial charge in [-0.1, -0.05) is 12.1 Å². The summed E-state index contributed by atoms with van der Waals surface area (Å²) < 4.78 is 15.1. The molecule has 2 atom stereocenters. The number of nitrogens with zero attached hydrogens (tertiary/aromatic N) is 1. The molecule has 23 heavy (non-hydrogen) atoms. The van der Waals surface area contributed by atoms with Crippen LogP contribution in [0.5, 0.6) is 0 Å². The van der Waals surface area contributed by atoms with Crippen molar-refractivity contribution in [3.05, 3.63) is 40.5 Å². The predicted octanol–water partition coefficient (Wildman–Crippen LogP) is 3.72. The summed E-state index contributed by atoms with van der Waals surface area (Å²) in [4.78, 5) is 5.39. The largest absolute Gasteiger partial charge is 0.392 e. The van der Waals surface area contributed by atoms with Crippen molar-refractivity contribution in [1.29, 1.82) is 0 Å². The molecule has 2 N–H and O–H groups in total. The number of hydrogen-bond acceptors (Lipinski definition) is 4. The van der Waals surface area contributed by atoms with Crippen LogP contribution < -0.4 is 4.72 Å². The van der Waals surface area contributed by atoms with Gasteiger partial charge in [-0.15, -0.1) is 11.3 Å². The van der Waals surface area contributed by atoms with Gasteiger partial charge >= 0.3 is 0 Å². The van der Waals surface area contributed by atoms with Crippen LogP contribution in [0.25, 0.3) is 10.4 Å². The lowest BCUT2D eigenvalue weighted by Gasteiger charge is -2.23. The molecule has 0 radical (unpaired) electrons. The third kappa shape index (κ3) is 4.26. The Morgan fingerprint density at radius 2 is 2.09 bits per heavy atom. The second kappa shape index (κ2) is 7.21. The SMILES string of the molecule is Cc1ncsc1-c1ccc([C@H](C)NS(=O)C(C)(C)C)c(CO)c1. The first kappa shape index (κ1) is 18.3. The maximum absolute atomic E-state index is 12.3. The quantitative estimate of drug-likeness (QED) is 0.862. The van der Waals surface area contributed by atoms with Gasteiger partial charge in [0.15, 0.2) is 0 Å². The zero-order valence-electron chi connectivity index (χ0n) is 14.2. The van der Waals surface area contributed by atoms with Gasteiger partial charge in [-0.2, -0.15) is 0 Å². The molecule has 2 rings (SSSR count). The number of aryl methyl sites for hydroxylation is 1. The number of aliphatic hydroxyl groups excluding tert-OH is 1. The minimum atomic E-state index is -1.16. The molecule has 0 aliphatic heterocycles. The summed E-state index contributed by atoms with van der Waals surface area (Å²) in [5, 5.41) is 9.74. The first-order chi connectivity index (χ1) is 10.7. The number of rotatable bonds is 5. The average molecular weight is 353 g/mol. The molecule has 126 valence electrons. The van der Waals surface area contributed by atoms with Crippen LogP contribution in [0.1, 0.15) is 50.6 Å². The van der Waals surface area contributed by atoms with Gasteiger partial charge in [0.25, 0.3) is 0 Å². The molecule has 0 saturated heterocycles. The molecule has 0 aliphatic carbocycles. The van der Waals surface area contributed by atoms with E-state index >= 15 is 0 Å². The Bertz CT molecular complexity index is 705. The minimum Gasteiger partial charge on any atom is -0.392 e. The van der Waals surface area contributed by atoms with Crippen LogP contribution in [-0.2, 0) is 17.6 Å². The molecule has 1 aromatic heterocycles. The van der Waals surface area contributed by atoms with Gasteiger partial charge in [-0.3, -0.25) is 0 Å². The molecule has 0 saturated carbocycles. The number of nitrogens with one attached hydrogen (secondary N) is 1. The smallest absolute Gasteiger partial charge is 0.0975 e. The predicted molar refractivity (Wildman–Crippen MR) is 97.7 cm³/mol. The van der Waals surface area contributed by atoms with E-state index in [2.05, 4.69) is 9.71 Å². The summed E-state index contributed by atoms with van der Waals surface area (Å²) in [6.45, 7) is 9.71. The molecular formula is C17H24N2O2S2. The van der Waals surface area contributed by atoms with Gasteiger partial charge in [0.05, 0.1) is 38.4 Å². The van der Waals surface area contributed by atoms with Crippen molar-refractivity contribution in [3.63, 3.8) is 0 Å². The monoisotopic (exact) mass is 352 g/mol. The number of benzene rings is 1. The van der Waals surface area contributed by atoms with E-state index in [9.17, 15) is 9.32 Å². The molecule has 0 amide bonds. The molecule has 0 spiro atoms. The standard InChI is InChI=1S/C17H24N2O2S2/c1-11(19-23(21)17(3,4)5)15-7-6-13(8-14(15)9-20)16-12(2)18-10-22-16/h6-8,10-11,19-20H,9H2,1-5H3/t11-,23?/m0/s1. The van der Waals surface area contributed by atoms with Gasteiger partial charge in [0.2, 0.25) is 0 Å². The fraction of sp³-hybridized carbons (Fsp3) is 0.471.